The number of hydrogen-bond donors (Lipinski definition) is 0. The molecule has 2 aromatic carbocycles. The lowest BCUT2D eigenvalue weighted by Crippen LogP contribution is -2.38. The maximum Gasteiger partial charge on any atom is 0.340 e. The molecule has 1 saturated carbocycles. The zero-order chi connectivity index (χ0) is 18.6. The van der Waals surface area contributed by atoms with Gasteiger partial charge in [0.05, 0.1) is 11.5 Å². The maximum atomic E-state index is 12.5. The molecule has 1 heterocycles. The lowest BCUT2D eigenvalue weighted by molar-refractivity contribution is -0.157. The van der Waals surface area contributed by atoms with Crippen LogP contribution in [0.4, 0.5) is 0 Å². The summed E-state index contributed by atoms with van der Waals surface area (Å²) < 4.78 is 10.9. The van der Waals surface area contributed by atoms with Gasteiger partial charge in [0.25, 0.3) is 0 Å². The molecule has 0 N–H and O–H groups in total. The van der Waals surface area contributed by atoms with Crippen LogP contribution < -0.4 is 0 Å². The summed E-state index contributed by atoms with van der Waals surface area (Å²) in [4.78, 5) is 28.7. The molecule has 0 unspecified atom stereocenters. The van der Waals surface area contributed by atoms with Gasteiger partial charge in [-0.2, -0.15) is 0 Å². The van der Waals surface area contributed by atoms with Gasteiger partial charge >= 0.3 is 11.9 Å². The van der Waals surface area contributed by atoms with Crippen molar-refractivity contribution >= 4 is 22.7 Å². The number of carbonyl (C=O) groups is 2. The molecule has 1 aliphatic carbocycles. The third kappa shape index (κ3) is 3.82. The van der Waals surface area contributed by atoms with Crippen LogP contribution in [0.2, 0.25) is 0 Å². The van der Waals surface area contributed by atoms with Crippen molar-refractivity contribution in [3.05, 3.63) is 78.1 Å². The smallest absolute Gasteiger partial charge is 0.340 e. The van der Waals surface area contributed by atoms with Crippen LogP contribution in [0.25, 0.3) is 10.8 Å². The van der Waals surface area contributed by atoms with Gasteiger partial charge < -0.3 is 9.47 Å². The van der Waals surface area contributed by atoms with Crippen LogP contribution in [0.15, 0.2) is 67.0 Å². The normalized spacial score (nSPS) is 18.5. The van der Waals surface area contributed by atoms with Crippen LogP contribution in [0, 0.1) is 5.92 Å². The number of rotatable bonds is 5. The zero-order valence-electron chi connectivity index (χ0n) is 14.7. The van der Waals surface area contributed by atoms with Crippen LogP contribution in [-0.4, -0.2) is 23.0 Å². The Morgan fingerprint density at radius 2 is 1.70 bits per heavy atom. The number of carbonyl (C=O) groups excluding carboxylic acids is 2. The number of pyridine rings is 1. The second-order valence-electron chi connectivity index (χ2n) is 6.70. The Morgan fingerprint density at radius 1 is 0.963 bits per heavy atom. The Labute approximate surface area is 156 Å². The number of ether oxygens (including phenoxy) is 2. The fraction of sp³-hybridized carbons (Fsp3) is 0.227. The van der Waals surface area contributed by atoms with E-state index in [1.165, 1.54) is 6.20 Å². The Kier molecular flexibility index (Phi) is 4.83. The van der Waals surface area contributed by atoms with Crippen molar-refractivity contribution in [3.63, 3.8) is 0 Å². The predicted molar refractivity (Wildman–Crippen MR) is 99.9 cm³/mol. The highest BCUT2D eigenvalue weighted by Crippen LogP contribution is 2.32. The molecule has 27 heavy (non-hydrogen) atoms. The number of fused-ring (bicyclic) bond motifs is 1. The number of benzene rings is 2. The molecule has 0 amide bonds. The zero-order valence-corrected chi connectivity index (χ0v) is 14.7. The van der Waals surface area contributed by atoms with E-state index in [0.29, 0.717) is 18.4 Å². The molecule has 136 valence electrons. The van der Waals surface area contributed by atoms with E-state index in [9.17, 15) is 9.59 Å². The Hall–Kier alpha value is -3.21. The molecule has 1 aliphatic rings. The van der Waals surface area contributed by atoms with Gasteiger partial charge in [-0.25, -0.2) is 4.79 Å². The molecule has 5 heteroatoms. The van der Waals surface area contributed by atoms with Crippen molar-refractivity contribution in [2.75, 3.05) is 0 Å². The molecule has 4 rings (SSSR count). The summed E-state index contributed by atoms with van der Waals surface area (Å²) in [7, 11) is 0. The summed E-state index contributed by atoms with van der Waals surface area (Å²) in [6, 6.07) is 17.1. The van der Waals surface area contributed by atoms with Gasteiger partial charge in [0.15, 0.2) is 0 Å². The van der Waals surface area contributed by atoms with Crippen molar-refractivity contribution in [2.24, 2.45) is 5.92 Å². The lowest BCUT2D eigenvalue weighted by atomic mass is 9.82. The summed E-state index contributed by atoms with van der Waals surface area (Å²) >= 11 is 0. The van der Waals surface area contributed by atoms with E-state index in [0.717, 1.165) is 16.3 Å². The van der Waals surface area contributed by atoms with E-state index in [2.05, 4.69) is 4.98 Å². The highest BCUT2D eigenvalue weighted by Gasteiger charge is 2.38. The third-order valence-corrected chi connectivity index (χ3v) is 4.81. The average Bonchev–Trinajstić information content (AvgIpc) is 2.68. The molecular weight excluding hydrogens is 342 g/mol. The van der Waals surface area contributed by atoms with Crippen LogP contribution in [-0.2, 0) is 20.9 Å². The number of aromatic nitrogens is 1. The molecule has 0 atom stereocenters. The molecule has 0 radical (unpaired) electrons. The minimum absolute atomic E-state index is 0.211. The van der Waals surface area contributed by atoms with Crippen molar-refractivity contribution in [3.8, 4) is 0 Å². The van der Waals surface area contributed by atoms with Crippen molar-refractivity contribution in [1.29, 1.82) is 0 Å². The molecule has 3 aromatic rings. The fourth-order valence-corrected chi connectivity index (χ4v) is 3.19. The van der Waals surface area contributed by atoms with Gasteiger partial charge in [-0.05, 0) is 23.8 Å². The molecule has 0 saturated heterocycles. The van der Waals surface area contributed by atoms with E-state index in [1.54, 1.807) is 6.20 Å². The molecular formula is C22H19NO4. The summed E-state index contributed by atoms with van der Waals surface area (Å²) in [5.41, 5.74) is 1.40. The number of esters is 2. The van der Waals surface area contributed by atoms with Gasteiger partial charge in [0.2, 0.25) is 0 Å². The van der Waals surface area contributed by atoms with Crippen molar-refractivity contribution in [1.82, 2.24) is 4.98 Å². The summed E-state index contributed by atoms with van der Waals surface area (Å²) in [6.45, 7) is 0.266. The van der Waals surface area contributed by atoms with Crippen molar-refractivity contribution < 1.29 is 19.1 Å². The maximum absolute atomic E-state index is 12.5. The highest BCUT2D eigenvalue weighted by molar-refractivity contribution is 6.03. The Balaban J connectivity index is 1.29. The summed E-state index contributed by atoms with van der Waals surface area (Å²) in [6.07, 6.45) is 3.98. The topological polar surface area (TPSA) is 65.5 Å². The van der Waals surface area contributed by atoms with E-state index in [-0.39, 0.29) is 24.6 Å². The fourth-order valence-electron chi connectivity index (χ4n) is 3.19. The largest absolute Gasteiger partial charge is 0.461 e. The van der Waals surface area contributed by atoms with E-state index in [4.69, 9.17) is 9.47 Å². The van der Waals surface area contributed by atoms with Gasteiger partial charge in [-0.1, -0.05) is 54.6 Å². The van der Waals surface area contributed by atoms with Crippen LogP contribution in [0.5, 0.6) is 0 Å². The first-order valence-corrected chi connectivity index (χ1v) is 8.95. The minimum atomic E-state index is -0.402. The highest BCUT2D eigenvalue weighted by atomic mass is 16.6. The van der Waals surface area contributed by atoms with Crippen LogP contribution in [0.1, 0.15) is 28.8 Å². The standard InChI is InChI=1S/C22H19NO4/c24-21(26-14-15-6-2-1-3-7-15)17-10-18(11-17)27-22(25)20-13-23-12-16-8-4-5-9-19(16)20/h1-9,12-13,17-18H,10-11,14H2. The average molecular weight is 361 g/mol. The van der Waals surface area contributed by atoms with Crippen LogP contribution in [0.3, 0.4) is 0 Å². The van der Waals surface area contributed by atoms with Gasteiger partial charge in [0.1, 0.15) is 12.7 Å². The Morgan fingerprint density at radius 3 is 2.52 bits per heavy atom. The third-order valence-electron chi connectivity index (χ3n) is 4.81. The SMILES string of the molecule is O=C(OC1CC(C(=O)OCc2ccccc2)C1)c1cncc2ccccc12. The minimum Gasteiger partial charge on any atom is -0.461 e. The van der Waals surface area contributed by atoms with E-state index < -0.39 is 5.97 Å². The lowest BCUT2D eigenvalue weighted by Gasteiger charge is -2.32. The Bertz CT molecular complexity index is 959. The second-order valence-corrected chi connectivity index (χ2v) is 6.70. The number of hydrogen-bond acceptors (Lipinski definition) is 5. The summed E-state index contributed by atoms with van der Waals surface area (Å²) in [5, 5.41) is 1.71. The quantitative estimate of drug-likeness (QED) is 0.645. The van der Waals surface area contributed by atoms with Gasteiger partial charge in [-0.15, -0.1) is 0 Å². The van der Waals surface area contributed by atoms with Crippen LogP contribution >= 0.6 is 0 Å². The molecule has 1 aromatic heterocycles. The van der Waals surface area contributed by atoms with Gasteiger partial charge in [0, 0.05) is 17.8 Å². The molecule has 5 nitrogen and oxygen atoms in total. The van der Waals surface area contributed by atoms with E-state index >= 15 is 0 Å². The summed E-state index contributed by atoms with van der Waals surface area (Å²) in [5.74, 6) is -0.851. The monoisotopic (exact) mass is 361 g/mol. The van der Waals surface area contributed by atoms with Crippen molar-refractivity contribution in [2.45, 2.75) is 25.6 Å². The molecule has 0 bridgehead atoms. The first-order chi connectivity index (χ1) is 13.2. The van der Waals surface area contributed by atoms with E-state index in [1.807, 2.05) is 54.6 Å². The second kappa shape index (κ2) is 7.58. The molecule has 1 fully saturated rings. The predicted octanol–water partition coefficient (Wildman–Crippen LogP) is 3.91. The first kappa shape index (κ1) is 17.2. The molecule has 0 spiro atoms. The van der Waals surface area contributed by atoms with Gasteiger partial charge in [-0.3, -0.25) is 9.78 Å². The molecule has 0 aliphatic heterocycles. The number of nitrogens with zero attached hydrogens (tertiary/aromatic N) is 1. The first-order valence-electron chi connectivity index (χ1n) is 8.95.